The highest BCUT2D eigenvalue weighted by Gasteiger charge is 2.28. The van der Waals surface area contributed by atoms with Crippen LogP contribution in [0.15, 0.2) is 24.5 Å². The molecule has 1 aromatic carbocycles. The first-order valence-corrected chi connectivity index (χ1v) is 10.9. The second kappa shape index (κ2) is 9.92. The standard InChI is InChI=1S/C23H31N5O3.ClH/c1-5-24-20-19-21(27-22(26-19)23(2,3)29)28(14-25-20)13-15-10-11-17(30-4)18(12-15)31-16-8-6-7-9-16;/h10-12,14,16,24,29H,5-9,13H2,1-4H3;1H. The number of rotatable bonds is 8. The second-order valence-electron chi connectivity index (χ2n) is 8.54. The van der Waals surface area contributed by atoms with Gasteiger partial charge >= 0.3 is 0 Å². The van der Waals surface area contributed by atoms with Crippen molar-refractivity contribution in [2.75, 3.05) is 19.0 Å². The Morgan fingerprint density at radius 1 is 1.19 bits per heavy atom. The highest BCUT2D eigenvalue weighted by atomic mass is 35.5. The molecule has 9 heteroatoms. The molecule has 2 heterocycles. The predicted octanol–water partition coefficient (Wildman–Crippen LogP) is 4.24. The lowest BCUT2D eigenvalue weighted by Gasteiger charge is -2.18. The molecule has 0 aromatic heterocycles. The number of aliphatic hydroxyl groups is 1. The van der Waals surface area contributed by atoms with Crippen molar-refractivity contribution in [2.24, 2.45) is 0 Å². The molecule has 0 spiro atoms. The molecule has 3 aliphatic rings. The van der Waals surface area contributed by atoms with Crippen molar-refractivity contribution in [1.82, 2.24) is 19.5 Å². The Balaban J connectivity index is 0.00000289. The fraction of sp³-hybridized carbons (Fsp3) is 0.522. The number of methoxy groups -OCH3 is 1. The molecular formula is C23H32ClN5O3. The number of hydrogen-bond donors (Lipinski definition) is 2. The fourth-order valence-corrected chi connectivity index (χ4v) is 3.92. The topological polar surface area (TPSA) is 94.3 Å². The summed E-state index contributed by atoms with van der Waals surface area (Å²) in [6.07, 6.45) is 6.60. The van der Waals surface area contributed by atoms with Gasteiger partial charge in [0.15, 0.2) is 34.7 Å². The van der Waals surface area contributed by atoms with Crippen LogP contribution in [0.1, 0.15) is 57.8 Å². The van der Waals surface area contributed by atoms with E-state index in [4.69, 9.17) is 9.47 Å². The van der Waals surface area contributed by atoms with Gasteiger partial charge in [0.2, 0.25) is 0 Å². The molecule has 1 aromatic rings. The Labute approximate surface area is 195 Å². The van der Waals surface area contributed by atoms with Crippen LogP contribution in [0, 0.1) is 0 Å². The molecule has 0 unspecified atom stereocenters. The highest BCUT2D eigenvalue weighted by molar-refractivity contribution is 5.85. The molecule has 0 bridgehead atoms. The van der Waals surface area contributed by atoms with E-state index >= 15 is 0 Å². The van der Waals surface area contributed by atoms with Crippen molar-refractivity contribution < 1.29 is 14.6 Å². The molecule has 0 amide bonds. The molecule has 4 rings (SSSR count). The molecule has 1 saturated carbocycles. The molecule has 0 radical (unpaired) electrons. The third kappa shape index (κ3) is 5.07. The molecule has 2 aliphatic heterocycles. The molecule has 2 N–H and O–H groups in total. The van der Waals surface area contributed by atoms with E-state index < -0.39 is 5.60 Å². The molecule has 174 valence electrons. The third-order valence-electron chi connectivity index (χ3n) is 5.53. The monoisotopic (exact) mass is 461 g/mol. The van der Waals surface area contributed by atoms with Gasteiger partial charge in [0, 0.05) is 6.54 Å². The number of benzene rings is 1. The van der Waals surface area contributed by atoms with Crippen LogP contribution >= 0.6 is 12.4 Å². The van der Waals surface area contributed by atoms with Gasteiger partial charge in [0.05, 0.1) is 26.1 Å². The minimum Gasteiger partial charge on any atom is -0.493 e. The van der Waals surface area contributed by atoms with Crippen LogP contribution in [0.3, 0.4) is 0 Å². The van der Waals surface area contributed by atoms with E-state index in [-0.39, 0.29) is 18.5 Å². The summed E-state index contributed by atoms with van der Waals surface area (Å²) < 4.78 is 13.7. The van der Waals surface area contributed by atoms with Crippen LogP contribution in [0.4, 0.5) is 5.82 Å². The van der Waals surface area contributed by atoms with Crippen molar-refractivity contribution in [3.63, 3.8) is 0 Å². The first-order chi connectivity index (χ1) is 14.9. The summed E-state index contributed by atoms with van der Waals surface area (Å²) in [5.74, 6) is 3.23. The second-order valence-corrected chi connectivity index (χ2v) is 8.54. The van der Waals surface area contributed by atoms with Crippen LogP contribution in [0.5, 0.6) is 11.5 Å². The van der Waals surface area contributed by atoms with E-state index in [0.29, 0.717) is 29.7 Å². The van der Waals surface area contributed by atoms with E-state index in [1.165, 1.54) is 12.8 Å². The zero-order chi connectivity index (χ0) is 22.0. The number of ether oxygens (including phenoxy) is 2. The number of anilines is 1. The molecule has 8 nitrogen and oxygen atoms in total. The number of hydrogen-bond acceptors (Lipinski definition) is 7. The summed E-state index contributed by atoms with van der Waals surface area (Å²) in [7, 11) is 1.66. The maximum atomic E-state index is 10.4. The van der Waals surface area contributed by atoms with Gasteiger partial charge in [0.25, 0.3) is 0 Å². The maximum absolute atomic E-state index is 10.4. The largest absolute Gasteiger partial charge is 0.493 e. The summed E-state index contributed by atoms with van der Waals surface area (Å²) in [5, 5.41) is 13.6. The van der Waals surface area contributed by atoms with Crippen molar-refractivity contribution in [3.05, 3.63) is 35.9 Å². The van der Waals surface area contributed by atoms with E-state index in [2.05, 4.69) is 20.3 Å². The Kier molecular flexibility index (Phi) is 7.46. The van der Waals surface area contributed by atoms with Gasteiger partial charge in [-0.25, -0.2) is 15.0 Å². The van der Waals surface area contributed by atoms with Crippen molar-refractivity contribution in [3.8, 4) is 23.0 Å². The van der Waals surface area contributed by atoms with Crippen molar-refractivity contribution in [1.29, 1.82) is 0 Å². The van der Waals surface area contributed by atoms with E-state index in [1.807, 2.05) is 29.7 Å². The number of aromatic nitrogens is 4. The van der Waals surface area contributed by atoms with Crippen LogP contribution in [-0.2, 0) is 12.1 Å². The Morgan fingerprint density at radius 3 is 2.59 bits per heavy atom. The van der Waals surface area contributed by atoms with Crippen LogP contribution < -0.4 is 14.8 Å². The zero-order valence-electron chi connectivity index (χ0n) is 19.1. The lowest BCUT2D eigenvalue weighted by molar-refractivity contribution is 0.0698. The predicted molar refractivity (Wildman–Crippen MR) is 126 cm³/mol. The van der Waals surface area contributed by atoms with Gasteiger partial charge < -0.3 is 24.5 Å². The fourth-order valence-electron chi connectivity index (χ4n) is 3.92. The average molecular weight is 462 g/mol. The summed E-state index contributed by atoms with van der Waals surface area (Å²) >= 11 is 0. The van der Waals surface area contributed by atoms with Crippen LogP contribution in [0.25, 0.3) is 11.5 Å². The first kappa shape index (κ1) is 24.1. The minimum absolute atomic E-state index is 0. The molecule has 1 fully saturated rings. The molecular weight excluding hydrogens is 430 g/mol. The first-order valence-electron chi connectivity index (χ1n) is 10.9. The number of imidazole rings is 1. The number of halogens is 1. The zero-order valence-corrected chi connectivity index (χ0v) is 19.9. The van der Waals surface area contributed by atoms with Crippen LogP contribution in [0.2, 0.25) is 0 Å². The summed E-state index contributed by atoms with van der Waals surface area (Å²) in [5.41, 5.74) is 0.561. The lowest BCUT2D eigenvalue weighted by atomic mass is 10.1. The Morgan fingerprint density at radius 2 is 1.94 bits per heavy atom. The Bertz CT molecular complexity index is 1010. The minimum atomic E-state index is -1.14. The van der Waals surface area contributed by atoms with Crippen molar-refractivity contribution in [2.45, 2.75) is 64.7 Å². The molecule has 0 atom stereocenters. The summed E-state index contributed by atoms with van der Waals surface area (Å²) in [4.78, 5) is 13.7. The number of fused-ring (bicyclic) bond motifs is 1. The average Bonchev–Trinajstić information content (AvgIpc) is 3.40. The summed E-state index contributed by atoms with van der Waals surface area (Å²) in [6.45, 7) is 6.64. The normalized spacial score (nSPS) is 14.4. The van der Waals surface area contributed by atoms with Gasteiger partial charge in [-0.1, -0.05) is 6.07 Å². The lowest BCUT2D eigenvalue weighted by Crippen LogP contribution is -2.17. The van der Waals surface area contributed by atoms with Gasteiger partial charge in [-0.2, -0.15) is 0 Å². The Hall–Kier alpha value is -2.58. The van der Waals surface area contributed by atoms with E-state index in [1.54, 1.807) is 27.3 Å². The van der Waals surface area contributed by atoms with Gasteiger partial charge in [-0.3, -0.25) is 0 Å². The third-order valence-corrected chi connectivity index (χ3v) is 5.53. The van der Waals surface area contributed by atoms with Crippen LogP contribution in [-0.4, -0.2) is 44.4 Å². The smallest absolute Gasteiger partial charge is 0.166 e. The molecule has 1 aliphatic carbocycles. The maximum Gasteiger partial charge on any atom is 0.166 e. The number of nitrogens with one attached hydrogen (secondary N) is 1. The number of nitrogens with zero attached hydrogens (tertiary/aromatic N) is 4. The molecule has 32 heavy (non-hydrogen) atoms. The van der Waals surface area contributed by atoms with E-state index in [9.17, 15) is 5.11 Å². The summed E-state index contributed by atoms with van der Waals surface area (Å²) in [6, 6.07) is 5.99. The van der Waals surface area contributed by atoms with Gasteiger partial charge in [-0.05, 0) is 64.2 Å². The van der Waals surface area contributed by atoms with Gasteiger partial charge in [0.1, 0.15) is 5.60 Å². The van der Waals surface area contributed by atoms with E-state index in [0.717, 1.165) is 36.4 Å². The van der Waals surface area contributed by atoms with Gasteiger partial charge in [-0.15, -0.1) is 12.4 Å². The van der Waals surface area contributed by atoms with Crippen molar-refractivity contribution >= 4 is 18.2 Å². The highest BCUT2D eigenvalue weighted by Crippen LogP contribution is 2.34. The quantitative estimate of drug-likeness (QED) is 0.518. The molecule has 0 saturated heterocycles. The SMILES string of the molecule is CCNc1ncn(Cc2ccc(OC)c(OC3CCCC3)c2)c2nc(C(C)(C)O)nc1-2.Cl.